The number of hydrogen-bond donors (Lipinski definition) is 1. The molecule has 0 saturated heterocycles. The molecule has 1 aromatic carbocycles. The Hall–Kier alpha value is -1.53. The average molecular weight is 259 g/mol. The smallest absolute Gasteiger partial charge is 0.122 e. The van der Waals surface area contributed by atoms with Crippen LogP contribution >= 0.6 is 0 Å². The van der Waals surface area contributed by atoms with E-state index in [9.17, 15) is 10.4 Å². The third-order valence-electron chi connectivity index (χ3n) is 3.63. The fourth-order valence-electron chi connectivity index (χ4n) is 2.52. The molecule has 3 nitrogen and oxygen atoms in total. The largest absolute Gasteiger partial charge is 0.492 e. The van der Waals surface area contributed by atoms with Gasteiger partial charge < -0.3 is 9.84 Å². The Kier molecular flexibility index (Phi) is 3.56. The van der Waals surface area contributed by atoms with Crippen LogP contribution in [0.2, 0.25) is 0 Å². The molecule has 1 aromatic rings. The highest BCUT2D eigenvalue weighted by Crippen LogP contribution is 2.39. The molecule has 1 aliphatic rings. The molecule has 3 heteroatoms. The zero-order chi connectivity index (χ0) is 14.1. The maximum absolute atomic E-state index is 10.5. The SMILES string of the molecule is CC(C)(C)CC(O)C1(C#N)COc2ccccc2C1. The zero-order valence-electron chi connectivity index (χ0n) is 11.8. The van der Waals surface area contributed by atoms with Gasteiger partial charge in [0.15, 0.2) is 0 Å². The summed E-state index contributed by atoms with van der Waals surface area (Å²) in [5.74, 6) is 0.830. The Morgan fingerprint density at radius 2 is 2.11 bits per heavy atom. The predicted molar refractivity (Wildman–Crippen MR) is 73.8 cm³/mol. The molecule has 0 spiro atoms. The van der Waals surface area contributed by atoms with E-state index in [1.807, 2.05) is 24.3 Å². The highest BCUT2D eigenvalue weighted by molar-refractivity contribution is 5.38. The van der Waals surface area contributed by atoms with Crippen LogP contribution in [-0.2, 0) is 6.42 Å². The van der Waals surface area contributed by atoms with E-state index in [0.29, 0.717) is 12.8 Å². The van der Waals surface area contributed by atoms with Crippen LogP contribution in [0.4, 0.5) is 0 Å². The van der Waals surface area contributed by atoms with Crippen molar-refractivity contribution in [3.8, 4) is 11.8 Å². The molecule has 102 valence electrons. The lowest BCUT2D eigenvalue weighted by Gasteiger charge is -2.38. The van der Waals surface area contributed by atoms with E-state index in [4.69, 9.17) is 4.74 Å². The first kappa shape index (κ1) is 13.9. The van der Waals surface area contributed by atoms with Gasteiger partial charge >= 0.3 is 0 Å². The Morgan fingerprint density at radius 1 is 1.42 bits per heavy atom. The van der Waals surface area contributed by atoms with Crippen molar-refractivity contribution in [2.75, 3.05) is 6.61 Å². The summed E-state index contributed by atoms with van der Waals surface area (Å²) in [7, 11) is 0. The average Bonchev–Trinajstić information content (AvgIpc) is 2.36. The number of para-hydroxylation sites is 1. The molecule has 0 radical (unpaired) electrons. The third kappa shape index (κ3) is 2.90. The van der Waals surface area contributed by atoms with Crippen molar-refractivity contribution in [3.63, 3.8) is 0 Å². The van der Waals surface area contributed by atoms with Gasteiger partial charge in [0.05, 0.1) is 12.2 Å². The summed E-state index contributed by atoms with van der Waals surface area (Å²) >= 11 is 0. The van der Waals surface area contributed by atoms with Crippen LogP contribution in [0.15, 0.2) is 24.3 Å². The van der Waals surface area contributed by atoms with Crippen LogP contribution in [0.3, 0.4) is 0 Å². The van der Waals surface area contributed by atoms with Gasteiger partial charge in [0.25, 0.3) is 0 Å². The van der Waals surface area contributed by atoms with Crippen molar-refractivity contribution >= 4 is 0 Å². The first-order valence-corrected chi connectivity index (χ1v) is 6.66. The lowest BCUT2D eigenvalue weighted by atomic mass is 9.72. The maximum Gasteiger partial charge on any atom is 0.122 e. The van der Waals surface area contributed by atoms with Crippen molar-refractivity contribution in [2.45, 2.75) is 39.7 Å². The molecule has 1 heterocycles. The number of ether oxygens (including phenoxy) is 1. The highest BCUT2D eigenvalue weighted by Gasteiger charge is 2.44. The number of nitriles is 1. The standard InChI is InChI=1S/C16H21NO2/c1-15(2,3)9-14(18)16(10-17)8-12-6-4-5-7-13(12)19-11-16/h4-7,14,18H,8-9,11H2,1-3H3. The number of benzene rings is 1. The number of aliphatic hydroxyl groups is 1. The summed E-state index contributed by atoms with van der Waals surface area (Å²) in [6.07, 6.45) is 0.467. The fraction of sp³-hybridized carbons (Fsp3) is 0.562. The van der Waals surface area contributed by atoms with Gasteiger partial charge in [-0.05, 0) is 23.5 Å². The van der Waals surface area contributed by atoms with E-state index in [1.54, 1.807) is 0 Å². The van der Waals surface area contributed by atoms with Gasteiger partial charge in [-0.2, -0.15) is 5.26 Å². The molecule has 0 bridgehead atoms. The van der Waals surface area contributed by atoms with Gasteiger partial charge in [0, 0.05) is 6.42 Å². The Balaban J connectivity index is 2.25. The highest BCUT2D eigenvalue weighted by atomic mass is 16.5. The summed E-state index contributed by atoms with van der Waals surface area (Å²) in [5, 5.41) is 20.0. The van der Waals surface area contributed by atoms with E-state index in [2.05, 4.69) is 26.8 Å². The van der Waals surface area contributed by atoms with Crippen molar-refractivity contribution < 1.29 is 9.84 Å². The molecule has 0 aromatic heterocycles. The van der Waals surface area contributed by atoms with Crippen LogP contribution in [-0.4, -0.2) is 17.8 Å². The summed E-state index contributed by atoms with van der Waals surface area (Å²) in [5.41, 5.74) is 0.158. The second kappa shape index (κ2) is 4.86. The summed E-state index contributed by atoms with van der Waals surface area (Å²) in [6.45, 7) is 6.47. The molecule has 0 aliphatic carbocycles. The molecular formula is C16H21NO2. The van der Waals surface area contributed by atoms with Gasteiger partial charge in [-0.3, -0.25) is 0 Å². The maximum atomic E-state index is 10.5. The predicted octanol–water partition coefficient (Wildman–Crippen LogP) is 2.93. The van der Waals surface area contributed by atoms with Gasteiger partial charge in [-0.1, -0.05) is 39.0 Å². The molecular weight excluding hydrogens is 238 g/mol. The first-order chi connectivity index (χ1) is 8.86. The molecule has 0 amide bonds. The monoisotopic (exact) mass is 259 g/mol. The van der Waals surface area contributed by atoms with Crippen LogP contribution in [0.5, 0.6) is 5.75 Å². The van der Waals surface area contributed by atoms with Gasteiger partial charge in [0.1, 0.15) is 17.8 Å². The van der Waals surface area contributed by atoms with Gasteiger partial charge in [0.2, 0.25) is 0 Å². The molecule has 0 saturated carbocycles. The van der Waals surface area contributed by atoms with Crippen LogP contribution in [0.25, 0.3) is 0 Å². The van der Waals surface area contributed by atoms with Crippen molar-refractivity contribution in [2.24, 2.45) is 10.8 Å². The normalized spacial score (nSPS) is 23.9. The first-order valence-electron chi connectivity index (χ1n) is 6.66. The van der Waals surface area contributed by atoms with Crippen LogP contribution in [0.1, 0.15) is 32.8 Å². The van der Waals surface area contributed by atoms with E-state index in [0.717, 1.165) is 11.3 Å². The second-order valence-corrected chi connectivity index (χ2v) is 6.62. The minimum absolute atomic E-state index is 0.0137. The van der Waals surface area contributed by atoms with Gasteiger partial charge in [-0.25, -0.2) is 0 Å². The Labute approximate surface area is 114 Å². The number of rotatable bonds is 2. The number of aliphatic hydroxyl groups excluding tert-OH is 1. The minimum atomic E-state index is -0.832. The number of nitrogens with zero attached hydrogens (tertiary/aromatic N) is 1. The van der Waals surface area contributed by atoms with Crippen LogP contribution in [0, 0.1) is 22.2 Å². The number of hydrogen-bond acceptors (Lipinski definition) is 3. The van der Waals surface area contributed by atoms with E-state index >= 15 is 0 Å². The molecule has 19 heavy (non-hydrogen) atoms. The van der Waals surface area contributed by atoms with Crippen molar-refractivity contribution in [1.29, 1.82) is 5.26 Å². The Bertz CT molecular complexity index is 498. The molecule has 1 N–H and O–H groups in total. The molecule has 1 aliphatic heterocycles. The molecule has 0 fully saturated rings. The molecule has 2 rings (SSSR count). The fourth-order valence-corrected chi connectivity index (χ4v) is 2.52. The Morgan fingerprint density at radius 3 is 2.74 bits per heavy atom. The van der Waals surface area contributed by atoms with E-state index < -0.39 is 11.5 Å². The third-order valence-corrected chi connectivity index (χ3v) is 3.63. The van der Waals surface area contributed by atoms with Crippen LogP contribution < -0.4 is 4.74 Å². The summed E-state index contributed by atoms with van der Waals surface area (Å²) in [6, 6.07) is 10.0. The summed E-state index contributed by atoms with van der Waals surface area (Å²) in [4.78, 5) is 0. The lowest BCUT2D eigenvalue weighted by Crippen LogP contribution is -2.45. The molecule has 2 atom stereocenters. The van der Waals surface area contributed by atoms with Crippen molar-refractivity contribution in [1.82, 2.24) is 0 Å². The second-order valence-electron chi connectivity index (χ2n) is 6.62. The lowest BCUT2D eigenvalue weighted by molar-refractivity contribution is -0.00560. The number of fused-ring (bicyclic) bond motifs is 1. The summed E-state index contributed by atoms with van der Waals surface area (Å²) < 4.78 is 5.68. The zero-order valence-corrected chi connectivity index (χ0v) is 11.8. The van der Waals surface area contributed by atoms with Gasteiger partial charge in [-0.15, -0.1) is 0 Å². The minimum Gasteiger partial charge on any atom is -0.492 e. The van der Waals surface area contributed by atoms with Crippen molar-refractivity contribution in [3.05, 3.63) is 29.8 Å². The van der Waals surface area contributed by atoms with E-state index in [-0.39, 0.29) is 12.0 Å². The molecule has 2 unspecified atom stereocenters. The quantitative estimate of drug-likeness (QED) is 0.888. The topological polar surface area (TPSA) is 53.2 Å². The van der Waals surface area contributed by atoms with E-state index in [1.165, 1.54) is 0 Å².